The predicted molar refractivity (Wildman–Crippen MR) is 109 cm³/mol. The van der Waals surface area contributed by atoms with Gasteiger partial charge in [-0.25, -0.2) is 0 Å². The predicted octanol–water partition coefficient (Wildman–Crippen LogP) is 3.86. The summed E-state index contributed by atoms with van der Waals surface area (Å²) in [6, 6.07) is 20.5. The van der Waals surface area contributed by atoms with E-state index in [2.05, 4.69) is 10.3 Å². The molecule has 0 spiro atoms. The van der Waals surface area contributed by atoms with Crippen molar-refractivity contribution in [1.29, 1.82) is 0 Å². The number of anilines is 1. The third-order valence-electron chi connectivity index (χ3n) is 4.81. The summed E-state index contributed by atoms with van der Waals surface area (Å²) in [5.41, 5.74) is 1.73. The maximum absolute atomic E-state index is 12.6. The normalized spacial score (nSPS) is 15.9. The first kappa shape index (κ1) is 18.7. The second-order valence-corrected chi connectivity index (χ2v) is 6.96. The van der Waals surface area contributed by atoms with Crippen LogP contribution in [0.1, 0.15) is 12.0 Å². The standard InChI is InChI=1S/C23H21N3O3/c27-22-14-18(16-26(22)15-17-4-2-1-3-5-17)23(28)25-19-6-8-20(9-7-19)29-21-10-12-24-13-11-21/h1-13,18H,14-16H2,(H,25,28). The summed E-state index contributed by atoms with van der Waals surface area (Å²) >= 11 is 0. The Kier molecular flexibility index (Phi) is 5.52. The molecule has 0 saturated carbocycles. The fraction of sp³-hybridized carbons (Fsp3) is 0.174. The zero-order valence-electron chi connectivity index (χ0n) is 15.8. The Balaban J connectivity index is 1.33. The van der Waals surface area contributed by atoms with Crippen molar-refractivity contribution in [3.8, 4) is 11.5 Å². The highest BCUT2D eigenvalue weighted by Gasteiger charge is 2.34. The smallest absolute Gasteiger partial charge is 0.229 e. The average Bonchev–Trinajstić information content (AvgIpc) is 3.11. The number of carbonyl (C=O) groups is 2. The molecule has 6 heteroatoms. The van der Waals surface area contributed by atoms with Gasteiger partial charge in [-0.1, -0.05) is 30.3 Å². The quantitative estimate of drug-likeness (QED) is 0.697. The van der Waals surface area contributed by atoms with E-state index in [1.807, 2.05) is 30.3 Å². The highest BCUT2D eigenvalue weighted by atomic mass is 16.5. The molecule has 2 amide bonds. The fourth-order valence-electron chi connectivity index (χ4n) is 3.30. The molecule has 1 aliphatic heterocycles. The Morgan fingerprint density at radius 2 is 1.69 bits per heavy atom. The summed E-state index contributed by atoms with van der Waals surface area (Å²) < 4.78 is 5.72. The lowest BCUT2D eigenvalue weighted by Crippen LogP contribution is -2.28. The maximum atomic E-state index is 12.6. The number of rotatable bonds is 6. The summed E-state index contributed by atoms with van der Waals surface area (Å²) in [4.78, 5) is 30.6. The second-order valence-electron chi connectivity index (χ2n) is 6.96. The molecule has 4 rings (SSSR count). The number of likely N-dealkylation sites (tertiary alicyclic amines) is 1. The van der Waals surface area contributed by atoms with E-state index in [0.29, 0.717) is 30.3 Å². The Morgan fingerprint density at radius 1 is 1.00 bits per heavy atom. The van der Waals surface area contributed by atoms with Crippen LogP contribution in [-0.4, -0.2) is 28.2 Å². The number of pyridine rings is 1. The van der Waals surface area contributed by atoms with Crippen molar-refractivity contribution in [2.75, 3.05) is 11.9 Å². The topological polar surface area (TPSA) is 71.5 Å². The number of hydrogen-bond donors (Lipinski definition) is 1. The molecule has 29 heavy (non-hydrogen) atoms. The molecule has 6 nitrogen and oxygen atoms in total. The Morgan fingerprint density at radius 3 is 2.41 bits per heavy atom. The molecule has 2 aromatic carbocycles. The van der Waals surface area contributed by atoms with E-state index in [1.165, 1.54) is 0 Å². The molecule has 2 heterocycles. The van der Waals surface area contributed by atoms with Gasteiger partial charge in [0.05, 0.1) is 5.92 Å². The van der Waals surface area contributed by atoms with Gasteiger partial charge >= 0.3 is 0 Å². The maximum Gasteiger partial charge on any atom is 0.229 e. The molecule has 1 saturated heterocycles. The number of amides is 2. The highest BCUT2D eigenvalue weighted by molar-refractivity contribution is 5.97. The number of nitrogens with one attached hydrogen (secondary N) is 1. The third kappa shape index (κ3) is 4.79. The van der Waals surface area contributed by atoms with Gasteiger partial charge in [0.15, 0.2) is 0 Å². The number of carbonyl (C=O) groups excluding carboxylic acids is 2. The first-order valence-corrected chi connectivity index (χ1v) is 9.48. The van der Waals surface area contributed by atoms with E-state index in [9.17, 15) is 9.59 Å². The van der Waals surface area contributed by atoms with Gasteiger partial charge < -0.3 is 15.0 Å². The molecule has 1 atom stereocenters. The van der Waals surface area contributed by atoms with Gasteiger partial charge in [-0.3, -0.25) is 14.6 Å². The van der Waals surface area contributed by atoms with Crippen LogP contribution in [0, 0.1) is 5.92 Å². The van der Waals surface area contributed by atoms with Crippen LogP contribution in [0.3, 0.4) is 0 Å². The molecule has 3 aromatic rings. The fourth-order valence-corrected chi connectivity index (χ4v) is 3.30. The number of benzene rings is 2. The molecular formula is C23H21N3O3. The first-order chi connectivity index (χ1) is 14.2. The molecule has 146 valence electrons. The summed E-state index contributed by atoms with van der Waals surface area (Å²) in [7, 11) is 0. The molecule has 1 N–H and O–H groups in total. The number of nitrogens with zero attached hydrogens (tertiary/aromatic N) is 2. The van der Waals surface area contributed by atoms with Crippen LogP contribution >= 0.6 is 0 Å². The molecule has 1 aromatic heterocycles. The van der Waals surface area contributed by atoms with Crippen LogP contribution in [-0.2, 0) is 16.1 Å². The van der Waals surface area contributed by atoms with Gasteiger partial charge in [-0.15, -0.1) is 0 Å². The summed E-state index contributed by atoms with van der Waals surface area (Å²) in [6.07, 6.45) is 3.56. The van der Waals surface area contributed by atoms with Crippen LogP contribution < -0.4 is 10.1 Å². The Labute approximate surface area is 169 Å². The van der Waals surface area contributed by atoms with Gasteiger partial charge in [-0.05, 0) is 42.0 Å². The van der Waals surface area contributed by atoms with Gasteiger partial charge in [-0.2, -0.15) is 0 Å². The Hall–Kier alpha value is -3.67. The van der Waals surface area contributed by atoms with Crippen molar-refractivity contribution in [1.82, 2.24) is 9.88 Å². The molecular weight excluding hydrogens is 366 g/mol. The largest absolute Gasteiger partial charge is 0.457 e. The lowest BCUT2D eigenvalue weighted by molar-refractivity contribution is -0.128. The average molecular weight is 387 g/mol. The van der Waals surface area contributed by atoms with E-state index in [1.54, 1.807) is 53.7 Å². The summed E-state index contributed by atoms with van der Waals surface area (Å²) in [5.74, 6) is 0.879. The van der Waals surface area contributed by atoms with Gasteiger partial charge in [0.25, 0.3) is 0 Å². The van der Waals surface area contributed by atoms with Crippen molar-refractivity contribution < 1.29 is 14.3 Å². The minimum atomic E-state index is -0.348. The SMILES string of the molecule is O=C(Nc1ccc(Oc2ccncc2)cc1)C1CC(=O)N(Cc2ccccc2)C1. The molecule has 0 radical (unpaired) electrons. The monoisotopic (exact) mass is 387 g/mol. The van der Waals surface area contributed by atoms with Crippen LogP contribution in [0.25, 0.3) is 0 Å². The lowest BCUT2D eigenvalue weighted by atomic mass is 10.1. The van der Waals surface area contributed by atoms with Gasteiger partial charge in [0.1, 0.15) is 11.5 Å². The van der Waals surface area contributed by atoms with Crippen molar-refractivity contribution in [2.45, 2.75) is 13.0 Å². The van der Waals surface area contributed by atoms with Crippen LogP contribution in [0.15, 0.2) is 79.1 Å². The van der Waals surface area contributed by atoms with Crippen LogP contribution in [0.4, 0.5) is 5.69 Å². The van der Waals surface area contributed by atoms with E-state index < -0.39 is 0 Å². The summed E-state index contributed by atoms with van der Waals surface area (Å²) in [5, 5.41) is 2.90. The van der Waals surface area contributed by atoms with Crippen LogP contribution in [0.5, 0.6) is 11.5 Å². The van der Waals surface area contributed by atoms with Crippen LogP contribution in [0.2, 0.25) is 0 Å². The van der Waals surface area contributed by atoms with Crippen molar-refractivity contribution in [3.63, 3.8) is 0 Å². The van der Waals surface area contributed by atoms with E-state index >= 15 is 0 Å². The van der Waals surface area contributed by atoms with E-state index in [4.69, 9.17) is 4.74 Å². The minimum Gasteiger partial charge on any atom is -0.457 e. The molecule has 1 fully saturated rings. The van der Waals surface area contributed by atoms with Crippen molar-refractivity contribution in [3.05, 3.63) is 84.7 Å². The van der Waals surface area contributed by atoms with E-state index in [0.717, 1.165) is 5.56 Å². The summed E-state index contributed by atoms with van der Waals surface area (Å²) in [6.45, 7) is 0.966. The molecule has 1 unspecified atom stereocenters. The zero-order valence-corrected chi connectivity index (χ0v) is 15.8. The zero-order chi connectivity index (χ0) is 20.1. The highest BCUT2D eigenvalue weighted by Crippen LogP contribution is 2.24. The molecule has 0 bridgehead atoms. The molecule has 1 aliphatic rings. The Bertz CT molecular complexity index is 975. The lowest BCUT2D eigenvalue weighted by Gasteiger charge is -2.16. The van der Waals surface area contributed by atoms with Gasteiger partial charge in [0.2, 0.25) is 11.8 Å². The third-order valence-corrected chi connectivity index (χ3v) is 4.81. The first-order valence-electron chi connectivity index (χ1n) is 9.48. The minimum absolute atomic E-state index is 0.00935. The number of hydrogen-bond acceptors (Lipinski definition) is 4. The van der Waals surface area contributed by atoms with Crippen molar-refractivity contribution >= 4 is 17.5 Å². The molecule has 0 aliphatic carbocycles. The van der Waals surface area contributed by atoms with Gasteiger partial charge in [0, 0.05) is 37.6 Å². The second kappa shape index (κ2) is 8.56. The van der Waals surface area contributed by atoms with Crippen molar-refractivity contribution in [2.24, 2.45) is 5.92 Å². The number of aromatic nitrogens is 1. The number of ether oxygens (including phenoxy) is 1. The van der Waals surface area contributed by atoms with E-state index in [-0.39, 0.29) is 24.2 Å².